The molecule has 0 aromatic carbocycles. The predicted octanol–water partition coefficient (Wildman–Crippen LogP) is -2.66. The number of carbonyl (C=O) groups is 1. The molecule has 1 atom stereocenters. The van der Waals surface area contributed by atoms with Gasteiger partial charge in [0.15, 0.2) is 18.9 Å². The molecule has 0 radical (unpaired) electrons. The molecular formula is C13H24N3O9P2+. The lowest BCUT2D eigenvalue weighted by Gasteiger charge is -2.28. The van der Waals surface area contributed by atoms with Gasteiger partial charge in [0, 0.05) is 37.6 Å². The van der Waals surface area contributed by atoms with E-state index in [4.69, 9.17) is 5.73 Å². The zero-order valence-electron chi connectivity index (χ0n) is 14.2. The second-order valence-corrected chi connectivity index (χ2v) is 9.95. The molecule has 0 spiro atoms. The topological polar surface area (TPSA) is 215 Å². The molecule has 12 nitrogen and oxygen atoms in total. The van der Waals surface area contributed by atoms with Gasteiger partial charge in [0.05, 0.1) is 0 Å². The number of aromatic nitrogens is 1. The number of aliphatic hydroxyl groups excluding tert-OH is 1. The number of hydrogen-bond acceptors (Lipinski definition) is 6. The summed E-state index contributed by atoms with van der Waals surface area (Å²) in [6.07, 6.45) is 0.850. The Bertz CT molecular complexity index is 726. The van der Waals surface area contributed by atoms with Crippen LogP contribution in [0, 0.1) is 0 Å². The molecule has 0 fully saturated rings. The van der Waals surface area contributed by atoms with Crippen molar-refractivity contribution in [3.8, 4) is 0 Å². The predicted molar refractivity (Wildman–Crippen MR) is 92.1 cm³/mol. The normalized spacial score (nSPS) is 14.0. The van der Waals surface area contributed by atoms with Gasteiger partial charge in [-0.2, -0.15) is 0 Å². The fourth-order valence-corrected chi connectivity index (χ4v) is 4.34. The molecule has 14 heteroatoms. The van der Waals surface area contributed by atoms with Crippen molar-refractivity contribution in [2.45, 2.75) is 30.6 Å². The van der Waals surface area contributed by atoms with Gasteiger partial charge < -0.3 is 40.8 Å². The Hall–Kier alpha value is -1.20. The van der Waals surface area contributed by atoms with Gasteiger partial charge in [-0.25, -0.2) is 4.57 Å². The second kappa shape index (κ2) is 9.33. The monoisotopic (exact) mass is 428 g/mol. The number of nitrogens with zero attached hydrogens (tertiary/aromatic N) is 1. The molecule has 9 N–H and O–H groups in total. The first-order valence-corrected chi connectivity index (χ1v) is 11.0. The Labute approximate surface area is 155 Å². The number of nitrogens with two attached hydrogens (primary N) is 1. The summed E-state index contributed by atoms with van der Waals surface area (Å²) < 4.78 is 24.2. The van der Waals surface area contributed by atoms with Gasteiger partial charge in [-0.3, -0.25) is 13.9 Å². The highest BCUT2D eigenvalue weighted by Gasteiger charge is 2.59. The van der Waals surface area contributed by atoms with Gasteiger partial charge in [-0.15, -0.1) is 0 Å². The lowest BCUT2D eigenvalue weighted by atomic mass is 10.2. The molecule has 1 amide bonds. The highest BCUT2D eigenvalue weighted by atomic mass is 31.2. The number of hydrogen-bond donors (Lipinski definition) is 8. The molecular weight excluding hydrogens is 404 g/mol. The van der Waals surface area contributed by atoms with E-state index in [1.54, 1.807) is 0 Å². The maximum absolute atomic E-state index is 11.4. The maximum atomic E-state index is 11.4. The van der Waals surface area contributed by atoms with Crippen molar-refractivity contribution >= 4 is 21.1 Å². The van der Waals surface area contributed by atoms with E-state index in [1.807, 2.05) is 0 Å². The first-order chi connectivity index (χ1) is 12.3. The van der Waals surface area contributed by atoms with Crippen LogP contribution in [-0.4, -0.2) is 60.0 Å². The first-order valence-electron chi connectivity index (χ1n) is 7.76. The van der Waals surface area contributed by atoms with Crippen LogP contribution in [0.25, 0.3) is 0 Å². The van der Waals surface area contributed by atoms with E-state index in [1.165, 1.54) is 29.1 Å². The van der Waals surface area contributed by atoms with Crippen LogP contribution in [0.3, 0.4) is 0 Å². The Morgan fingerprint density at radius 1 is 1.26 bits per heavy atom. The van der Waals surface area contributed by atoms with E-state index in [-0.39, 0.29) is 37.5 Å². The molecule has 0 aliphatic rings. The molecule has 27 heavy (non-hydrogen) atoms. The third-order valence-corrected chi connectivity index (χ3v) is 7.37. The minimum Gasteiger partial charge on any atom is -0.385 e. The summed E-state index contributed by atoms with van der Waals surface area (Å²) in [7, 11) is -11.1. The Morgan fingerprint density at radius 2 is 1.85 bits per heavy atom. The molecule has 1 rings (SSSR count). The summed E-state index contributed by atoms with van der Waals surface area (Å²) in [5.41, 5.74) is 5.25. The summed E-state index contributed by atoms with van der Waals surface area (Å²) in [6.45, 7) is 0.0761. The minimum atomic E-state index is -5.57. The molecule has 0 saturated heterocycles. The van der Waals surface area contributed by atoms with Crippen LogP contribution in [0.15, 0.2) is 24.5 Å². The third-order valence-electron chi connectivity index (χ3n) is 3.62. The van der Waals surface area contributed by atoms with Crippen LogP contribution in [0.5, 0.6) is 0 Å². The van der Waals surface area contributed by atoms with Crippen LogP contribution < -0.4 is 15.6 Å². The average Bonchev–Trinajstić information content (AvgIpc) is 2.51. The van der Waals surface area contributed by atoms with Gasteiger partial charge >= 0.3 is 15.2 Å². The van der Waals surface area contributed by atoms with Crippen LogP contribution >= 0.6 is 15.2 Å². The zero-order chi connectivity index (χ0) is 20.9. The first kappa shape index (κ1) is 23.8. The SMILES string of the molecule is NCCC(=O)NCC(O)C[n+]1cccc(CC(O)(P(=O)(O)O)P(=O)(O)O)c1. The van der Waals surface area contributed by atoms with Crippen LogP contribution in [0.4, 0.5) is 0 Å². The van der Waals surface area contributed by atoms with E-state index in [0.717, 1.165) is 0 Å². The summed E-state index contributed by atoms with van der Waals surface area (Å²) in [5, 5.41) is 18.8. The van der Waals surface area contributed by atoms with Gasteiger partial charge in [0.2, 0.25) is 5.91 Å². The number of rotatable bonds is 10. The summed E-state index contributed by atoms with van der Waals surface area (Å²) in [6, 6.07) is 2.72. The Balaban J connectivity index is 2.88. The quantitative estimate of drug-likeness (QED) is 0.143. The van der Waals surface area contributed by atoms with Crippen LogP contribution in [-0.2, 0) is 26.9 Å². The van der Waals surface area contributed by atoms with E-state index >= 15 is 0 Å². The standard InChI is InChI=1S/C13H23N3O9P2/c14-4-3-12(18)15-7-11(17)9-16-5-1-2-10(8-16)6-13(19,26(20,21)22)27(23,24)25/h1-2,5,8,11,17,19H,3-4,6-7,9,14H2,(H4-,15,18,20,21,22,23,24,25)/p+1. The van der Waals surface area contributed by atoms with Crippen molar-refractivity contribution < 1.29 is 48.3 Å². The molecule has 0 aliphatic heterocycles. The smallest absolute Gasteiger partial charge is 0.369 e. The Morgan fingerprint density at radius 3 is 2.37 bits per heavy atom. The number of pyridine rings is 1. The van der Waals surface area contributed by atoms with Crippen molar-refractivity contribution in [3.05, 3.63) is 30.1 Å². The highest BCUT2D eigenvalue weighted by molar-refractivity contribution is 7.72. The molecule has 1 aromatic heterocycles. The molecule has 1 aromatic rings. The molecule has 0 bridgehead atoms. The van der Waals surface area contributed by atoms with Crippen molar-refractivity contribution in [1.82, 2.24) is 5.32 Å². The van der Waals surface area contributed by atoms with Gasteiger partial charge in [0.1, 0.15) is 6.10 Å². The van der Waals surface area contributed by atoms with Crippen molar-refractivity contribution in [3.63, 3.8) is 0 Å². The van der Waals surface area contributed by atoms with E-state index in [0.29, 0.717) is 0 Å². The zero-order valence-corrected chi connectivity index (χ0v) is 16.0. The Kier molecular flexibility index (Phi) is 8.24. The fourth-order valence-electron chi connectivity index (χ4n) is 2.20. The summed E-state index contributed by atoms with van der Waals surface area (Å²) in [5.74, 6) is -0.330. The maximum Gasteiger partial charge on any atom is 0.369 e. The number of carbonyl (C=O) groups excluding carboxylic acids is 1. The van der Waals surface area contributed by atoms with Gasteiger partial charge in [-0.1, -0.05) is 0 Å². The van der Waals surface area contributed by atoms with Crippen molar-refractivity contribution in [1.29, 1.82) is 0 Å². The lowest BCUT2D eigenvalue weighted by Crippen LogP contribution is -2.45. The van der Waals surface area contributed by atoms with E-state index in [9.17, 15) is 43.7 Å². The summed E-state index contributed by atoms with van der Waals surface area (Å²) in [4.78, 5) is 48.1. The van der Waals surface area contributed by atoms with E-state index in [2.05, 4.69) is 5.32 Å². The molecule has 1 unspecified atom stereocenters. The van der Waals surface area contributed by atoms with Crippen LogP contribution in [0.1, 0.15) is 12.0 Å². The average molecular weight is 428 g/mol. The molecule has 154 valence electrons. The van der Waals surface area contributed by atoms with Crippen molar-refractivity contribution in [2.24, 2.45) is 5.73 Å². The summed E-state index contributed by atoms with van der Waals surface area (Å²) >= 11 is 0. The van der Waals surface area contributed by atoms with Crippen molar-refractivity contribution in [2.75, 3.05) is 13.1 Å². The minimum absolute atomic E-state index is 0.0195. The highest BCUT2D eigenvalue weighted by Crippen LogP contribution is 2.68. The second-order valence-electron chi connectivity index (χ2n) is 5.94. The van der Waals surface area contributed by atoms with Gasteiger partial charge in [0.25, 0.3) is 5.08 Å². The molecule has 0 saturated carbocycles. The third kappa shape index (κ3) is 6.72. The fraction of sp³-hybridized carbons (Fsp3) is 0.538. The van der Waals surface area contributed by atoms with Crippen LogP contribution in [0.2, 0.25) is 0 Å². The largest absolute Gasteiger partial charge is 0.385 e. The van der Waals surface area contributed by atoms with Gasteiger partial charge in [-0.05, 0) is 6.07 Å². The number of nitrogens with one attached hydrogen (secondary N) is 1. The number of aliphatic hydroxyl groups is 2. The molecule has 1 heterocycles. The molecule has 0 aliphatic carbocycles. The van der Waals surface area contributed by atoms with E-state index < -0.39 is 32.8 Å². The number of amides is 1. The lowest BCUT2D eigenvalue weighted by molar-refractivity contribution is -0.703.